The van der Waals surface area contributed by atoms with Crippen LogP contribution in [0.5, 0.6) is 0 Å². The van der Waals surface area contributed by atoms with E-state index in [1.165, 1.54) is 16.6 Å². The first-order chi connectivity index (χ1) is 29.9. The van der Waals surface area contributed by atoms with E-state index >= 15 is 0 Å². The van der Waals surface area contributed by atoms with Crippen LogP contribution in [-0.2, 0) is 20.4 Å². The first-order valence-electron chi connectivity index (χ1n) is 18.6. The van der Waals surface area contributed by atoms with Gasteiger partial charge in [-0.1, -0.05) is 5.16 Å². The van der Waals surface area contributed by atoms with E-state index < -0.39 is 132 Å². The third-order valence-electron chi connectivity index (χ3n) is 5.11. The van der Waals surface area contributed by atoms with Crippen LogP contribution in [0.2, 0.25) is 0 Å². The topological polar surface area (TPSA) is 389 Å². The number of anilines is 2. The molecule has 0 bridgehead atoms. The van der Waals surface area contributed by atoms with E-state index in [0.29, 0.717) is 4.57 Å². The van der Waals surface area contributed by atoms with Crippen molar-refractivity contribution in [3.05, 3.63) is 73.1 Å². The van der Waals surface area contributed by atoms with Crippen molar-refractivity contribution < 1.29 is 98.5 Å². The molecule has 12 N–H and O–H groups in total. The minimum absolute atomic E-state index is 0. The Balaban J connectivity index is 0.000000617. The molecule has 0 aliphatic rings. The number of hydrogen-bond donors (Lipinski definition) is 9. The van der Waals surface area contributed by atoms with E-state index in [2.05, 4.69) is 92.2 Å². The average molecular weight is 986 g/mol. The summed E-state index contributed by atoms with van der Waals surface area (Å²) in [4.78, 5) is 16.1. The molecule has 0 saturated heterocycles. The standard InChI is InChI=1S/C12H11BrFN7O5S.C11H13BrFN7O4S.CH4O.Na.H2O/c13-7-5-6(1-2-8(7)14)21-11(20-25-12(21)22)9-10(19-26-18-9)16-3-4-17-27(15,23)24;12-7-5-6(1-2-8(7)13)17-11(18-21)9-10(20-24-19-9)15-3-4-16-25(14,22)23;1-2;;/h1-2,5,17H,3-4H2,(H,16,19)(H2,15,23,24);1-2,5,16,21H,3-4H2,(H,15,20)(H,17,18)(H2,14,22,23);2H,1H3;;1H2/q;;;+1;/p-1/i2*1D,2D,4D2,5D;2D;;. The van der Waals surface area contributed by atoms with Gasteiger partial charge >= 0.3 is 35.3 Å². The summed E-state index contributed by atoms with van der Waals surface area (Å²) in [6.07, 6.45) is 0. The number of nitrogens with zero attached hydrogens (tertiary/aromatic N) is 7. The van der Waals surface area contributed by atoms with Gasteiger partial charge in [0.2, 0.25) is 18.9 Å². The van der Waals surface area contributed by atoms with Gasteiger partial charge in [0.1, 0.15) is 11.6 Å². The number of rotatable bonds is 14. The fourth-order valence-electron chi connectivity index (χ4n) is 3.17. The molecule has 0 amide bonds. The minimum atomic E-state index is -4.39. The van der Waals surface area contributed by atoms with Crippen LogP contribution in [-0.4, -0.2) is 103 Å². The maximum atomic E-state index is 14.0. The fourth-order valence-corrected chi connectivity index (χ4v) is 4.29. The molecule has 32 heteroatoms. The van der Waals surface area contributed by atoms with Gasteiger partial charge in [0.05, 0.1) is 28.5 Å². The number of aliphatic hydroxyl groups excluding tert-OH is 1. The molecule has 56 heavy (non-hydrogen) atoms. The summed E-state index contributed by atoms with van der Waals surface area (Å²) in [5.74, 6) is -5.25. The second kappa shape index (κ2) is 23.4. The van der Waals surface area contributed by atoms with Crippen molar-refractivity contribution in [2.45, 2.75) is 0 Å². The Bertz CT molecular complexity index is 2810. The van der Waals surface area contributed by atoms with Crippen LogP contribution in [0.25, 0.3) is 17.2 Å². The molecule has 3 heterocycles. The second-order valence-electron chi connectivity index (χ2n) is 8.66. The maximum Gasteiger partial charge on any atom is 1.00 e. The normalized spacial score (nSPS) is 14.5. The van der Waals surface area contributed by atoms with E-state index in [9.17, 15) is 35.6 Å². The largest absolute Gasteiger partial charge is 1.00 e. The van der Waals surface area contributed by atoms with Crippen LogP contribution in [0.3, 0.4) is 0 Å². The van der Waals surface area contributed by atoms with Gasteiger partial charge in [-0.2, -0.15) is 16.8 Å². The Morgan fingerprint density at radius 2 is 1.48 bits per heavy atom. The van der Waals surface area contributed by atoms with Crippen molar-refractivity contribution in [3.63, 3.8) is 0 Å². The van der Waals surface area contributed by atoms with E-state index in [4.69, 9.17) is 25.4 Å². The predicted octanol–water partition coefficient (Wildman–Crippen LogP) is -3.35. The summed E-state index contributed by atoms with van der Waals surface area (Å²) >= 11 is 5.56. The van der Waals surface area contributed by atoms with Crippen LogP contribution < -0.4 is 71.1 Å². The number of aliphatic hydroxyl groups is 1. The van der Waals surface area contributed by atoms with Crippen molar-refractivity contribution in [3.8, 4) is 17.2 Å². The monoisotopic (exact) mass is 983 g/mol. The van der Waals surface area contributed by atoms with Crippen molar-refractivity contribution in [1.82, 2.24) is 45.3 Å². The van der Waals surface area contributed by atoms with E-state index in [1.54, 1.807) is 5.48 Å². The molecule has 25 nitrogen and oxygen atoms in total. The molecule has 3 aromatic heterocycles. The zero-order chi connectivity index (χ0) is 49.6. The first-order valence-corrected chi connectivity index (χ1v) is 17.8. The molecule has 0 aliphatic carbocycles. The molecule has 5 aromatic rings. The molecular formula is C24H29Br2F2N14NaO11S2. The van der Waals surface area contributed by atoms with Crippen LogP contribution in [0.4, 0.5) is 26.1 Å². The van der Waals surface area contributed by atoms with Gasteiger partial charge in [0, 0.05) is 38.7 Å². The average Bonchev–Trinajstić information content (AvgIpc) is 3.96. The maximum absolute atomic E-state index is 14.0. The number of halogens is 4. The summed E-state index contributed by atoms with van der Waals surface area (Å²) in [7, 11) is -7.46. The quantitative estimate of drug-likeness (QED) is 0.0227. The van der Waals surface area contributed by atoms with E-state index in [-0.39, 0.29) is 58.1 Å². The van der Waals surface area contributed by atoms with Crippen LogP contribution in [0.15, 0.2) is 68.8 Å². The van der Waals surface area contributed by atoms with Crippen molar-refractivity contribution in [2.75, 3.05) is 43.8 Å². The zero-order valence-electron chi connectivity index (χ0n) is 38.6. The molecule has 0 atom stereocenters. The number of nitrogens with one attached hydrogen (secondary N) is 5. The summed E-state index contributed by atoms with van der Waals surface area (Å²) in [5, 5.41) is 44.4. The van der Waals surface area contributed by atoms with Crippen molar-refractivity contribution in [1.29, 1.82) is 1.43 Å². The van der Waals surface area contributed by atoms with Gasteiger partial charge in [-0.15, -0.1) is 0 Å². The van der Waals surface area contributed by atoms with Gasteiger partial charge in [-0.3, -0.25) is 15.2 Å². The van der Waals surface area contributed by atoms with Gasteiger partial charge in [0.25, 0.3) is 20.4 Å². The molecule has 2 aromatic carbocycles. The zero-order valence-corrected chi connectivity index (χ0v) is 34.4. The SMILES string of the molecule is [2H]OC.[2H]c1c([2H])c(-n2c(-c3nonc3NCC([2H])([2H])NS(N)(=O)=O)noc2=O)c([2H])c(Br)c1F.[2H]c1c([2H])c(N=C(NO)c2nonc2NCC([2H])([2H])NS(N)(=O)=O)c([2H])c(Br)c1F.[Na+].[OH-]. The summed E-state index contributed by atoms with van der Waals surface area (Å²) in [6, 6.07) is -4.63. The third-order valence-corrected chi connectivity index (χ3v) is 7.06. The fraction of sp³-hybridized carbons (Fsp3) is 0.208. The van der Waals surface area contributed by atoms with E-state index in [1.807, 2.05) is 0 Å². The van der Waals surface area contributed by atoms with E-state index in [0.717, 1.165) is 0 Å². The van der Waals surface area contributed by atoms with Crippen molar-refractivity contribution in [2.24, 2.45) is 15.3 Å². The number of hydrogen-bond acceptors (Lipinski definition) is 19. The number of hydroxylamine groups is 1. The first kappa shape index (κ1) is 34.2. The summed E-state index contributed by atoms with van der Waals surface area (Å²) in [5.41, 5.74) is -0.186. The number of amidine groups is 1. The Morgan fingerprint density at radius 3 is 2.07 bits per heavy atom. The molecule has 302 valence electrons. The molecule has 0 radical (unpaired) electrons. The van der Waals surface area contributed by atoms with Crippen LogP contribution >= 0.6 is 31.9 Å². The van der Waals surface area contributed by atoms with Gasteiger partial charge in [-0.25, -0.2) is 52.1 Å². The van der Waals surface area contributed by atoms with Gasteiger partial charge < -0.3 is 21.2 Å². The Morgan fingerprint density at radius 1 is 0.946 bits per heavy atom. The van der Waals surface area contributed by atoms with Crippen LogP contribution in [0, 0.1) is 11.6 Å². The summed E-state index contributed by atoms with van der Waals surface area (Å²) < 4.78 is 171. The predicted molar refractivity (Wildman–Crippen MR) is 192 cm³/mol. The Kier molecular flexibility index (Phi) is 14.3. The molecule has 0 spiro atoms. The minimum Gasteiger partial charge on any atom is -0.870 e. The molecule has 0 fully saturated rings. The number of benzene rings is 2. The molecule has 0 saturated carbocycles. The number of aliphatic imine (C=N–C) groups is 1. The van der Waals surface area contributed by atoms with Gasteiger partial charge in [0.15, 0.2) is 17.2 Å². The van der Waals surface area contributed by atoms with Crippen LogP contribution in [0.1, 0.15) is 19.4 Å². The second-order valence-corrected chi connectivity index (χ2v) is 12.8. The Hall–Kier alpha value is -3.83. The number of aromatic nitrogens is 6. The molecule has 0 aliphatic heterocycles. The molecular weight excluding hydrogens is 945 g/mol. The van der Waals surface area contributed by atoms with Gasteiger partial charge in [-0.05, 0) is 88.7 Å². The summed E-state index contributed by atoms with van der Waals surface area (Å²) in [6.45, 7) is -6.59. The third kappa shape index (κ3) is 15.3. The smallest absolute Gasteiger partial charge is 0.870 e. The number of nitrogens with two attached hydrogens (primary N) is 2. The molecule has 5 rings (SSSR count). The van der Waals surface area contributed by atoms with Crippen molar-refractivity contribution >= 4 is 75.4 Å². The Labute approximate surface area is 368 Å². The molecule has 0 unspecified atom stereocenters.